The molecule has 1 aliphatic heterocycles. The molecular weight excluding hydrogens is 272 g/mol. The molecule has 6 heteroatoms. The average Bonchev–Trinajstić information content (AvgIpc) is 2.45. The number of urea groups is 1. The Bertz CT molecular complexity index is 622. The predicted molar refractivity (Wildman–Crippen MR) is 76.9 cm³/mol. The molecule has 112 valence electrons. The van der Waals surface area contributed by atoms with Gasteiger partial charge in [-0.05, 0) is 37.1 Å². The minimum Gasteiger partial charge on any atom is -0.496 e. The third kappa shape index (κ3) is 2.84. The van der Waals surface area contributed by atoms with Gasteiger partial charge in [-0.2, -0.15) is 0 Å². The van der Waals surface area contributed by atoms with Gasteiger partial charge in [0.15, 0.2) is 0 Å². The SMILES string of the molecule is COC(=O)C1=C(C)NC(=O)N[C@@H]1c1ccc(OC)c(C)c1. The molecule has 2 rings (SSSR count). The Morgan fingerprint density at radius 3 is 2.52 bits per heavy atom. The number of carbonyl (C=O) groups is 2. The Morgan fingerprint density at radius 1 is 1.24 bits per heavy atom. The average molecular weight is 290 g/mol. The van der Waals surface area contributed by atoms with E-state index in [-0.39, 0.29) is 6.03 Å². The largest absolute Gasteiger partial charge is 0.496 e. The molecule has 1 aliphatic rings. The van der Waals surface area contributed by atoms with E-state index in [1.165, 1.54) is 7.11 Å². The number of esters is 1. The van der Waals surface area contributed by atoms with Crippen LogP contribution in [-0.4, -0.2) is 26.2 Å². The van der Waals surface area contributed by atoms with Crippen LogP contribution in [0.1, 0.15) is 24.1 Å². The molecule has 0 saturated carbocycles. The molecule has 0 saturated heterocycles. The number of hydrogen-bond acceptors (Lipinski definition) is 4. The molecule has 6 nitrogen and oxygen atoms in total. The smallest absolute Gasteiger partial charge is 0.337 e. The van der Waals surface area contributed by atoms with Gasteiger partial charge in [-0.15, -0.1) is 0 Å². The third-order valence-corrected chi connectivity index (χ3v) is 3.43. The van der Waals surface area contributed by atoms with Crippen LogP contribution < -0.4 is 15.4 Å². The van der Waals surface area contributed by atoms with Crippen molar-refractivity contribution in [2.45, 2.75) is 19.9 Å². The summed E-state index contributed by atoms with van der Waals surface area (Å²) in [6, 6.07) is 4.61. The monoisotopic (exact) mass is 290 g/mol. The Morgan fingerprint density at radius 2 is 1.95 bits per heavy atom. The van der Waals surface area contributed by atoms with Crippen molar-refractivity contribution in [2.75, 3.05) is 14.2 Å². The topological polar surface area (TPSA) is 76.7 Å². The van der Waals surface area contributed by atoms with Crippen LogP contribution >= 0.6 is 0 Å². The summed E-state index contributed by atoms with van der Waals surface area (Å²) in [5.74, 6) is 0.276. The number of amides is 2. The number of nitrogens with one attached hydrogen (secondary N) is 2. The van der Waals surface area contributed by atoms with Crippen LogP contribution in [0.15, 0.2) is 29.5 Å². The standard InChI is InChI=1S/C15H18N2O4/c1-8-7-10(5-6-11(8)20-3)13-12(14(18)21-4)9(2)16-15(19)17-13/h5-7,13H,1-4H3,(H2,16,17,19)/t13-/m1/s1. The van der Waals surface area contributed by atoms with Crippen molar-refractivity contribution >= 4 is 12.0 Å². The minimum absolute atomic E-state index is 0.348. The molecule has 0 aromatic heterocycles. The van der Waals surface area contributed by atoms with Gasteiger partial charge in [0.2, 0.25) is 0 Å². The van der Waals surface area contributed by atoms with E-state index in [0.29, 0.717) is 11.3 Å². The van der Waals surface area contributed by atoms with E-state index in [2.05, 4.69) is 10.6 Å². The van der Waals surface area contributed by atoms with E-state index in [4.69, 9.17) is 9.47 Å². The van der Waals surface area contributed by atoms with Crippen molar-refractivity contribution in [3.8, 4) is 5.75 Å². The molecule has 0 spiro atoms. The zero-order valence-electron chi connectivity index (χ0n) is 12.4. The van der Waals surface area contributed by atoms with Crippen molar-refractivity contribution in [3.63, 3.8) is 0 Å². The first-order valence-corrected chi connectivity index (χ1v) is 6.49. The van der Waals surface area contributed by atoms with Gasteiger partial charge in [-0.25, -0.2) is 9.59 Å². The number of aryl methyl sites for hydroxylation is 1. The van der Waals surface area contributed by atoms with Crippen LogP contribution in [0.25, 0.3) is 0 Å². The maximum atomic E-state index is 12.0. The molecule has 1 heterocycles. The molecular formula is C15H18N2O4. The zero-order chi connectivity index (χ0) is 15.6. The Balaban J connectivity index is 2.48. The maximum Gasteiger partial charge on any atom is 0.337 e. The van der Waals surface area contributed by atoms with E-state index < -0.39 is 12.0 Å². The van der Waals surface area contributed by atoms with Crippen molar-refractivity contribution in [1.82, 2.24) is 10.6 Å². The highest BCUT2D eigenvalue weighted by molar-refractivity contribution is 5.94. The highest BCUT2D eigenvalue weighted by Crippen LogP contribution is 2.30. The van der Waals surface area contributed by atoms with E-state index >= 15 is 0 Å². The zero-order valence-corrected chi connectivity index (χ0v) is 12.4. The molecule has 2 N–H and O–H groups in total. The Kier molecular flexibility index (Phi) is 4.16. The lowest BCUT2D eigenvalue weighted by Gasteiger charge is -2.28. The molecule has 1 aromatic rings. The molecule has 1 atom stereocenters. The van der Waals surface area contributed by atoms with E-state index in [1.54, 1.807) is 14.0 Å². The maximum absolute atomic E-state index is 12.0. The molecule has 0 unspecified atom stereocenters. The fourth-order valence-corrected chi connectivity index (χ4v) is 2.41. The van der Waals surface area contributed by atoms with Crippen LogP contribution in [0.4, 0.5) is 4.79 Å². The van der Waals surface area contributed by atoms with Crippen LogP contribution in [0.2, 0.25) is 0 Å². The summed E-state index contributed by atoms with van der Waals surface area (Å²) in [6.45, 7) is 3.58. The summed E-state index contributed by atoms with van der Waals surface area (Å²) in [5, 5.41) is 5.33. The first-order valence-electron chi connectivity index (χ1n) is 6.49. The lowest BCUT2D eigenvalue weighted by atomic mass is 9.94. The van der Waals surface area contributed by atoms with Crippen LogP contribution in [0.5, 0.6) is 5.75 Å². The second kappa shape index (κ2) is 5.87. The first kappa shape index (κ1) is 14.9. The normalized spacial score (nSPS) is 17.9. The molecule has 0 fully saturated rings. The summed E-state index contributed by atoms with van der Waals surface area (Å²) in [6.07, 6.45) is 0. The molecule has 21 heavy (non-hydrogen) atoms. The Labute approximate surface area is 123 Å². The number of rotatable bonds is 3. The number of carbonyl (C=O) groups excluding carboxylic acids is 2. The van der Waals surface area contributed by atoms with Gasteiger partial charge in [0.25, 0.3) is 0 Å². The number of hydrogen-bond donors (Lipinski definition) is 2. The van der Waals surface area contributed by atoms with Crippen molar-refractivity contribution in [2.24, 2.45) is 0 Å². The fraction of sp³-hybridized carbons (Fsp3) is 0.333. The summed E-state index contributed by atoms with van der Waals surface area (Å²) in [4.78, 5) is 23.7. The van der Waals surface area contributed by atoms with Crippen LogP contribution in [0, 0.1) is 6.92 Å². The highest BCUT2D eigenvalue weighted by Gasteiger charge is 2.31. The van der Waals surface area contributed by atoms with Gasteiger partial charge in [0.1, 0.15) is 5.75 Å². The number of benzene rings is 1. The van der Waals surface area contributed by atoms with Crippen molar-refractivity contribution in [3.05, 3.63) is 40.6 Å². The van der Waals surface area contributed by atoms with Gasteiger partial charge in [0, 0.05) is 5.70 Å². The minimum atomic E-state index is -0.546. The lowest BCUT2D eigenvalue weighted by Crippen LogP contribution is -2.45. The number of allylic oxidation sites excluding steroid dienone is 1. The van der Waals surface area contributed by atoms with E-state index in [1.807, 2.05) is 25.1 Å². The third-order valence-electron chi connectivity index (χ3n) is 3.43. The van der Waals surface area contributed by atoms with Gasteiger partial charge < -0.3 is 20.1 Å². The fourth-order valence-electron chi connectivity index (χ4n) is 2.41. The highest BCUT2D eigenvalue weighted by atomic mass is 16.5. The molecule has 0 bridgehead atoms. The Hall–Kier alpha value is -2.50. The number of ether oxygens (including phenoxy) is 2. The van der Waals surface area contributed by atoms with E-state index in [9.17, 15) is 9.59 Å². The molecule has 2 amide bonds. The molecule has 0 aliphatic carbocycles. The molecule has 1 aromatic carbocycles. The number of methoxy groups -OCH3 is 2. The summed E-state index contributed by atoms with van der Waals surface area (Å²) < 4.78 is 10.0. The second-order valence-corrected chi connectivity index (χ2v) is 4.79. The quantitative estimate of drug-likeness (QED) is 0.832. The lowest BCUT2D eigenvalue weighted by molar-refractivity contribution is -0.136. The first-order chi connectivity index (χ1) is 9.97. The molecule has 0 radical (unpaired) electrons. The summed E-state index contributed by atoms with van der Waals surface area (Å²) >= 11 is 0. The second-order valence-electron chi connectivity index (χ2n) is 4.79. The summed E-state index contributed by atoms with van der Waals surface area (Å²) in [5.41, 5.74) is 2.60. The van der Waals surface area contributed by atoms with E-state index in [0.717, 1.165) is 16.9 Å². The van der Waals surface area contributed by atoms with Gasteiger partial charge in [-0.3, -0.25) is 0 Å². The summed E-state index contributed by atoms with van der Waals surface area (Å²) in [7, 11) is 2.91. The predicted octanol–water partition coefficient (Wildman–Crippen LogP) is 1.80. The van der Waals surface area contributed by atoms with Gasteiger partial charge >= 0.3 is 12.0 Å². The van der Waals surface area contributed by atoms with Crippen LogP contribution in [-0.2, 0) is 9.53 Å². The van der Waals surface area contributed by atoms with Crippen LogP contribution in [0.3, 0.4) is 0 Å². The van der Waals surface area contributed by atoms with Gasteiger partial charge in [0.05, 0.1) is 25.8 Å². The van der Waals surface area contributed by atoms with Crippen molar-refractivity contribution < 1.29 is 19.1 Å². The van der Waals surface area contributed by atoms with Gasteiger partial charge in [-0.1, -0.05) is 6.07 Å². The van der Waals surface area contributed by atoms with Crippen molar-refractivity contribution in [1.29, 1.82) is 0 Å².